The molecule has 2 aromatic rings. The summed E-state index contributed by atoms with van der Waals surface area (Å²) >= 11 is 0. The molecule has 0 saturated carbocycles. The number of nitro groups is 2. The first-order valence-electron chi connectivity index (χ1n) is 5.99. The predicted octanol–water partition coefficient (Wildman–Crippen LogP) is 3.36. The molecule has 0 fully saturated rings. The molecule has 1 aromatic carbocycles. The number of hydrogen-bond acceptors (Lipinski definition) is 6. The van der Waals surface area contributed by atoms with E-state index in [2.05, 4.69) is 0 Å². The van der Waals surface area contributed by atoms with Gasteiger partial charge in [0.2, 0.25) is 0 Å². The van der Waals surface area contributed by atoms with E-state index in [1.54, 1.807) is 6.92 Å². The van der Waals surface area contributed by atoms with E-state index >= 15 is 0 Å². The molecular weight excluding hydrogens is 280 g/mol. The molecule has 0 unspecified atom stereocenters. The second-order valence-electron chi connectivity index (χ2n) is 4.19. The number of carbonyl (C=O) groups is 1. The van der Waals surface area contributed by atoms with Crippen molar-refractivity contribution in [2.45, 2.75) is 13.3 Å². The molecule has 0 spiro atoms. The Bertz CT molecular complexity index is 702. The quantitative estimate of drug-likeness (QED) is 0.473. The van der Waals surface area contributed by atoms with E-state index in [0.29, 0.717) is 0 Å². The normalized spacial score (nSPS) is 10.3. The van der Waals surface area contributed by atoms with Gasteiger partial charge in [-0.25, -0.2) is 0 Å². The molecule has 8 nitrogen and oxygen atoms in total. The number of non-ortho nitro benzene ring substituents is 2. The number of benzene rings is 1. The maximum atomic E-state index is 11.5. The summed E-state index contributed by atoms with van der Waals surface area (Å²) in [5, 5.41) is 21.6. The fraction of sp³-hybridized carbons (Fsp3) is 0.154. The van der Waals surface area contributed by atoms with Crippen LogP contribution in [0.15, 0.2) is 34.7 Å². The maximum absolute atomic E-state index is 11.5. The Labute approximate surface area is 118 Å². The van der Waals surface area contributed by atoms with Crippen molar-refractivity contribution in [3.05, 3.63) is 56.3 Å². The van der Waals surface area contributed by atoms with Gasteiger partial charge in [-0.2, -0.15) is 0 Å². The first kappa shape index (κ1) is 14.4. The molecule has 8 heteroatoms. The van der Waals surface area contributed by atoms with E-state index in [0.717, 1.165) is 18.2 Å². The van der Waals surface area contributed by atoms with E-state index in [9.17, 15) is 25.0 Å². The summed E-state index contributed by atoms with van der Waals surface area (Å²) in [4.78, 5) is 31.7. The van der Waals surface area contributed by atoms with Gasteiger partial charge in [-0.05, 0) is 12.1 Å². The van der Waals surface area contributed by atoms with Gasteiger partial charge in [0.15, 0.2) is 11.5 Å². The van der Waals surface area contributed by atoms with Crippen LogP contribution < -0.4 is 0 Å². The number of nitro benzene ring substituents is 2. The average Bonchev–Trinajstić information content (AvgIpc) is 2.95. The SMILES string of the molecule is CCC(=O)c1ccc(-c2cc([N+](=O)[O-])cc([N+](=O)[O-])c2)o1. The van der Waals surface area contributed by atoms with Crippen molar-refractivity contribution in [1.29, 1.82) is 0 Å². The van der Waals surface area contributed by atoms with Gasteiger partial charge < -0.3 is 4.42 Å². The van der Waals surface area contributed by atoms with Crippen LogP contribution in [0.25, 0.3) is 11.3 Å². The summed E-state index contributed by atoms with van der Waals surface area (Å²) in [6, 6.07) is 6.07. The second kappa shape index (κ2) is 5.53. The van der Waals surface area contributed by atoms with E-state index in [-0.39, 0.29) is 29.3 Å². The van der Waals surface area contributed by atoms with Crippen molar-refractivity contribution in [2.24, 2.45) is 0 Å². The molecule has 1 aromatic heterocycles. The molecule has 2 rings (SSSR count). The van der Waals surface area contributed by atoms with Gasteiger partial charge in [0.1, 0.15) is 5.76 Å². The van der Waals surface area contributed by atoms with Crippen molar-refractivity contribution in [2.75, 3.05) is 0 Å². The van der Waals surface area contributed by atoms with Crippen LogP contribution in [-0.2, 0) is 0 Å². The number of Topliss-reactive ketones (excluding diaryl/α,β-unsaturated/α-hetero) is 1. The number of ketones is 1. The van der Waals surface area contributed by atoms with Gasteiger partial charge in [0.25, 0.3) is 11.4 Å². The lowest BCUT2D eigenvalue weighted by Gasteiger charge is -1.99. The number of nitrogens with zero attached hydrogens (tertiary/aromatic N) is 2. The molecule has 108 valence electrons. The van der Waals surface area contributed by atoms with Crippen LogP contribution in [0.4, 0.5) is 11.4 Å². The highest BCUT2D eigenvalue weighted by atomic mass is 16.6. The molecule has 0 N–H and O–H groups in total. The Balaban J connectivity index is 2.52. The number of hydrogen-bond donors (Lipinski definition) is 0. The van der Waals surface area contributed by atoms with Crippen LogP contribution >= 0.6 is 0 Å². The Hall–Kier alpha value is -3.03. The minimum absolute atomic E-state index is 0.113. The van der Waals surface area contributed by atoms with Crippen LogP contribution in [-0.4, -0.2) is 15.6 Å². The molecule has 1 heterocycles. The zero-order chi connectivity index (χ0) is 15.6. The van der Waals surface area contributed by atoms with Crippen molar-refractivity contribution in [3.63, 3.8) is 0 Å². The van der Waals surface area contributed by atoms with Crippen LogP contribution in [0.5, 0.6) is 0 Å². The monoisotopic (exact) mass is 290 g/mol. The van der Waals surface area contributed by atoms with Crippen molar-refractivity contribution >= 4 is 17.2 Å². The standard InChI is InChI=1S/C13H10N2O6/c1-2-11(16)13-4-3-12(21-13)8-5-9(14(17)18)7-10(6-8)15(19)20/h3-7H,2H2,1H3. The van der Waals surface area contributed by atoms with Crippen LogP contribution in [0, 0.1) is 20.2 Å². The molecule has 0 amide bonds. The van der Waals surface area contributed by atoms with Gasteiger partial charge in [-0.15, -0.1) is 0 Å². The smallest absolute Gasteiger partial charge is 0.277 e. The summed E-state index contributed by atoms with van der Waals surface area (Å²) in [6.45, 7) is 1.67. The lowest BCUT2D eigenvalue weighted by molar-refractivity contribution is -0.394. The van der Waals surface area contributed by atoms with Crippen molar-refractivity contribution in [1.82, 2.24) is 0 Å². The third kappa shape index (κ3) is 2.94. The van der Waals surface area contributed by atoms with Crippen molar-refractivity contribution < 1.29 is 19.1 Å². The summed E-state index contributed by atoms with van der Waals surface area (Å²) in [7, 11) is 0. The highest BCUT2D eigenvalue weighted by Gasteiger charge is 2.19. The zero-order valence-corrected chi connectivity index (χ0v) is 10.9. The van der Waals surface area contributed by atoms with E-state index < -0.39 is 21.2 Å². The number of rotatable bonds is 5. The van der Waals surface area contributed by atoms with E-state index in [4.69, 9.17) is 4.42 Å². The Kier molecular flexibility index (Phi) is 3.79. The van der Waals surface area contributed by atoms with E-state index in [1.807, 2.05) is 0 Å². The Morgan fingerprint density at radius 1 is 1.10 bits per heavy atom. The minimum atomic E-state index is -0.725. The maximum Gasteiger partial charge on any atom is 0.277 e. The zero-order valence-electron chi connectivity index (χ0n) is 10.9. The largest absolute Gasteiger partial charge is 0.453 e. The topological polar surface area (TPSA) is 116 Å². The molecule has 0 aliphatic carbocycles. The molecule has 21 heavy (non-hydrogen) atoms. The minimum Gasteiger partial charge on any atom is -0.453 e. The third-order valence-corrected chi connectivity index (χ3v) is 2.81. The number of carbonyl (C=O) groups excluding carboxylic acids is 1. The fourth-order valence-electron chi connectivity index (χ4n) is 1.77. The van der Waals surface area contributed by atoms with Gasteiger partial charge in [-0.1, -0.05) is 6.92 Å². The third-order valence-electron chi connectivity index (χ3n) is 2.81. The summed E-state index contributed by atoms with van der Waals surface area (Å²) < 4.78 is 5.30. The lowest BCUT2D eigenvalue weighted by atomic mass is 10.1. The van der Waals surface area contributed by atoms with Gasteiger partial charge in [0.05, 0.1) is 15.9 Å². The van der Waals surface area contributed by atoms with Gasteiger partial charge in [-0.3, -0.25) is 25.0 Å². The molecule has 0 atom stereocenters. The van der Waals surface area contributed by atoms with Crippen LogP contribution in [0.3, 0.4) is 0 Å². The number of furan rings is 1. The highest BCUT2D eigenvalue weighted by Crippen LogP contribution is 2.30. The summed E-state index contributed by atoms with van der Waals surface area (Å²) in [5.41, 5.74) is -0.663. The summed E-state index contributed by atoms with van der Waals surface area (Å²) in [5.74, 6) is 0.0569. The average molecular weight is 290 g/mol. The first-order chi connectivity index (χ1) is 9.92. The Morgan fingerprint density at radius 2 is 1.67 bits per heavy atom. The lowest BCUT2D eigenvalue weighted by Crippen LogP contribution is -1.94. The molecule has 0 bridgehead atoms. The fourth-order valence-corrected chi connectivity index (χ4v) is 1.77. The van der Waals surface area contributed by atoms with Crippen LogP contribution in [0.1, 0.15) is 23.9 Å². The predicted molar refractivity (Wildman–Crippen MR) is 72.1 cm³/mol. The Morgan fingerprint density at radius 3 is 2.14 bits per heavy atom. The first-order valence-corrected chi connectivity index (χ1v) is 5.99. The molecule has 0 aliphatic heterocycles. The molecule has 0 saturated heterocycles. The van der Waals surface area contributed by atoms with Gasteiger partial charge in [0, 0.05) is 24.1 Å². The van der Waals surface area contributed by atoms with Crippen LogP contribution in [0.2, 0.25) is 0 Å². The summed E-state index contributed by atoms with van der Waals surface area (Å²) in [6.07, 6.45) is 0.252. The molecule has 0 radical (unpaired) electrons. The highest BCUT2D eigenvalue weighted by molar-refractivity contribution is 5.93. The molecular formula is C13H10N2O6. The van der Waals surface area contributed by atoms with E-state index in [1.165, 1.54) is 12.1 Å². The van der Waals surface area contributed by atoms with Crippen molar-refractivity contribution in [3.8, 4) is 11.3 Å². The van der Waals surface area contributed by atoms with Gasteiger partial charge >= 0.3 is 0 Å². The molecule has 0 aliphatic rings. The second-order valence-corrected chi connectivity index (χ2v) is 4.19.